The van der Waals surface area contributed by atoms with E-state index in [4.69, 9.17) is 18.9 Å². The van der Waals surface area contributed by atoms with Crippen LogP contribution in [-0.4, -0.2) is 60.0 Å². The van der Waals surface area contributed by atoms with Gasteiger partial charge in [-0.25, -0.2) is 4.39 Å². The number of aliphatic hydroxyl groups is 1. The molecule has 0 aromatic carbocycles. The molecule has 8 heteroatoms. The van der Waals surface area contributed by atoms with Gasteiger partial charge in [-0.1, -0.05) is 65.0 Å². The summed E-state index contributed by atoms with van der Waals surface area (Å²) in [7, 11) is 0. The number of halogens is 1. The molecule has 0 amide bonds. The van der Waals surface area contributed by atoms with Gasteiger partial charge in [0.1, 0.15) is 12.2 Å². The number of ketones is 2. The maximum Gasteiger partial charge on any atom is 0.414 e. The van der Waals surface area contributed by atoms with Gasteiger partial charge in [-0.05, 0) is 69.4 Å². The fraction of sp³-hybridized carbons (Fsp3) is 0.818. The number of allylic oxidation sites excluding steroid dienone is 4. The Bertz CT molecular complexity index is 1080. The highest BCUT2D eigenvalue weighted by molar-refractivity contribution is 6.01. The minimum absolute atomic E-state index is 0.0488. The first-order valence-electron chi connectivity index (χ1n) is 15.9. The smallest absolute Gasteiger partial charge is 0.390 e. The fourth-order valence-corrected chi connectivity index (χ4v) is 9.17. The number of ether oxygens (including phenoxy) is 4. The van der Waals surface area contributed by atoms with Crippen LogP contribution < -0.4 is 0 Å². The number of carbonyl (C=O) groups excluding carboxylic acids is 2. The highest BCUT2D eigenvalue weighted by Gasteiger charge is 2.78. The highest BCUT2D eigenvalue weighted by Crippen LogP contribution is 2.72. The molecule has 5 aliphatic rings. The Kier molecular flexibility index (Phi) is 8.49. The molecule has 8 atom stereocenters. The first kappa shape index (κ1) is 31.0. The van der Waals surface area contributed by atoms with Gasteiger partial charge in [-0.3, -0.25) is 19.1 Å². The summed E-state index contributed by atoms with van der Waals surface area (Å²) in [5.41, 5.74) is -4.54. The zero-order valence-corrected chi connectivity index (χ0v) is 25.5. The average Bonchev–Trinajstić information content (AvgIpc) is 3.14. The Balaban J connectivity index is 1.50. The van der Waals surface area contributed by atoms with Gasteiger partial charge in [0.2, 0.25) is 0 Å². The molecule has 0 aromatic rings. The molecule has 230 valence electrons. The summed E-state index contributed by atoms with van der Waals surface area (Å²) in [4.78, 5) is 26.2. The number of hydrogen-bond acceptors (Lipinski definition) is 7. The van der Waals surface area contributed by atoms with E-state index in [2.05, 4.69) is 13.8 Å². The molecule has 41 heavy (non-hydrogen) atoms. The Hall–Kier alpha value is -1.45. The summed E-state index contributed by atoms with van der Waals surface area (Å²) in [5.74, 6) is -1.35. The molecule has 1 heterocycles. The zero-order valence-electron chi connectivity index (χ0n) is 25.5. The van der Waals surface area contributed by atoms with E-state index in [1.54, 1.807) is 12.2 Å². The molecule has 3 saturated carbocycles. The molecule has 1 spiro atoms. The lowest BCUT2D eigenvalue weighted by Crippen LogP contribution is -2.72. The molecule has 1 N–H and O–H groups in total. The molecule has 1 saturated heterocycles. The van der Waals surface area contributed by atoms with Crippen LogP contribution in [0.5, 0.6) is 0 Å². The van der Waals surface area contributed by atoms with Crippen molar-refractivity contribution >= 4 is 11.6 Å². The molecule has 0 radical (unpaired) electrons. The summed E-state index contributed by atoms with van der Waals surface area (Å²) >= 11 is 0. The van der Waals surface area contributed by atoms with Gasteiger partial charge in [0.05, 0.1) is 19.3 Å². The molecule has 4 aliphatic carbocycles. The monoisotopic (exact) mass is 576 g/mol. The quantitative estimate of drug-likeness (QED) is 0.253. The van der Waals surface area contributed by atoms with Gasteiger partial charge in [-0.15, -0.1) is 0 Å². The first-order chi connectivity index (χ1) is 19.4. The van der Waals surface area contributed by atoms with Gasteiger partial charge in [-0.2, -0.15) is 0 Å². The fourth-order valence-electron chi connectivity index (χ4n) is 9.17. The van der Waals surface area contributed by atoms with Crippen molar-refractivity contribution in [1.82, 2.24) is 0 Å². The summed E-state index contributed by atoms with van der Waals surface area (Å²) in [6.45, 7) is 10.5. The van der Waals surface area contributed by atoms with Crippen molar-refractivity contribution in [3.63, 3.8) is 0 Å². The van der Waals surface area contributed by atoms with E-state index in [9.17, 15) is 14.7 Å². The predicted octanol–water partition coefficient (Wildman–Crippen LogP) is 5.98. The maximum atomic E-state index is 17.6. The number of carbonyl (C=O) groups is 2. The third-order valence-electron chi connectivity index (χ3n) is 11.3. The van der Waals surface area contributed by atoms with Crippen molar-refractivity contribution in [2.24, 2.45) is 28.6 Å². The summed E-state index contributed by atoms with van der Waals surface area (Å²) < 4.78 is 42.8. The average molecular weight is 577 g/mol. The van der Waals surface area contributed by atoms with Crippen LogP contribution in [0.1, 0.15) is 98.8 Å². The maximum absolute atomic E-state index is 17.6. The molecule has 7 nitrogen and oxygen atoms in total. The molecule has 0 unspecified atom stereocenters. The van der Waals surface area contributed by atoms with Crippen molar-refractivity contribution in [2.45, 2.75) is 122 Å². The van der Waals surface area contributed by atoms with Crippen molar-refractivity contribution in [1.29, 1.82) is 0 Å². The second-order valence-corrected chi connectivity index (χ2v) is 13.6. The number of rotatable bonds is 10. The third kappa shape index (κ3) is 4.54. The largest absolute Gasteiger partial charge is 0.414 e. The topological polar surface area (TPSA) is 91.3 Å². The van der Waals surface area contributed by atoms with E-state index in [1.807, 2.05) is 20.8 Å². The molecular weight excluding hydrogens is 527 g/mol. The summed E-state index contributed by atoms with van der Waals surface area (Å²) in [6.07, 6.45) is 8.76. The first-order valence-corrected chi connectivity index (χ1v) is 15.9. The zero-order chi connectivity index (χ0) is 29.7. The normalized spacial score (nSPS) is 43.0. The second-order valence-electron chi connectivity index (χ2n) is 13.6. The van der Waals surface area contributed by atoms with E-state index < -0.39 is 40.3 Å². The van der Waals surface area contributed by atoms with E-state index in [0.29, 0.717) is 32.5 Å². The molecule has 0 aromatic heterocycles. The van der Waals surface area contributed by atoms with Gasteiger partial charge in [0, 0.05) is 16.7 Å². The van der Waals surface area contributed by atoms with E-state index in [1.165, 1.54) is 6.08 Å². The minimum Gasteiger partial charge on any atom is -0.390 e. The number of alkyl halides is 1. The minimum atomic E-state index is -1.97. The van der Waals surface area contributed by atoms with E-state index >= 15 is 4.39 Å². The highest BCUT2D eigenvalue weighted by atomic mass is 19.1. The Morgan fingerprint density at radius 1 is 1.05 bits per heavy atom. The summed E-state index contributed by atoms with van der Waals surface area (Å²) in [6, 6.07) is 0. The molecule has 4 fully saturated rings. The number of Topliss-reactive ketones (excluding diaryl/α,β-unsaturated/α-hetero) is 1. The van der Waals surface area contributed by atoms with Crippen molar-refractivity contribution in [3.8, 4) is 0 Å². The van der Waals surface area contributed by atoms with Crippen LogP contribution >= 0.6 is 0 Å². The van der Waals surface area contributed by atoms with Gasteiger partial charge < -0.3 is 14.6 Å². The van der Waals surface area contributed by atoms with Crippen LogP contribution in [0.4, 0.5) is 4.39 Å². The molecule has 1 aliphatic heterocycles. The third-order valence-corrected chi connectivity index (χ3v) is 11.3. The Morgan fingerprint density at radius 2 is 1.71 bits per heavy atom. The van der Waals surface area contributed by atoms with Crippen molar-refractivity contribution in [2.75, 3.05) is 19.8 Å². The van der Waals surface area contributed by atoms with Crippen molar-refractivity contribution < 1.29 is 38.0 Å². The second kappa shape index (κ2) is 11.2. The lowest BCUT2D eigenvalue weighted by Gasteiger charge is -2.63. The lowest BCUT2D eigenvalue weighted by atomic mass is 9.44. The van der Waals surface area contributed by atoms with Crippen LogP contribution in [0.2, 0.25) is 0 Å². The number of aliphatic hydroxyl groups excluding tert-OH is 1. The lowest BCUT2D eigenvalue weighted by molar-refractivity contribution is -0.533. The SMILES string of the molecule is CCCCCOC1(OCCCCC)OCC(=O)[C@@]2(O1)[C@H](C)C[C@H]1[C@@H]3CCC4=CC(=O)C=C[C@]4(C)[C@@]3(F)[C@@H](O)C[C@@]12C. The standard InChI is InChI=1S/C33H49FO7/c1-6-8-10-16-38-33(39-17-11-9-7-2)40-21-28(37)32(41-33)22(3)18-26-25-13-12-23-19-24(35)14-15-29(23,4)31(25,34)27(36)20-30(26,32)5/h14-15,19,22,25-27,36H,6-13,16-18,20-21H2,1-5H3/t22-,25+,26+,27+,29+,30+,31+,32+/m1/s1. The number of hydrogen-bond donors (Lipinski definition) is 1. The van der Waals surface area contributed by atoms with Crippen LogP contribution in [0.3, 0.4) is 0 Å². The van der Waals surface area contributed by atoms with E-state index in [0.717, 1.165) is 44.1 Å². The van der Waals surface area contributed by atoms with Crippen LogP contribution in [0.15, 0.2) is 23.8 Å². The van der Waals surface area contributed by atoms with Crippen LogP contribution in [0, 0.1) is 28.6 Å². The van der Waals surface area contributed by atoms with Gasteiger partial charge in [0.15, 0.2) is 17.2 Å². The number of unbranched alkanes of at least 4 members (excludes halogenated alkanes) is 4. The van der Waals surface area contributed by atoms with Crippen LogP contribution in [0.25, 0.3) is 0 Å². The van der Waals surface area contributed by atoms with Crippen LogP contribution in [-0.2, 0) is 28.5 Å². The van der Waals surface area contributed by atoms with E-state index in [-0.39, 0.29) is 36.4 Å². The molecule has 5 rings (SSSR count). The van der Waals surface area contributed by atoms with Crippen molar-refractivity contribution in [3.05, 3.63) is 23.8 Å². The van der Waals surface area contributed by atoms with Gasteiger partial charge >= 0.3 is 6.16 Å². The Labute approximate surface area is 244 Å². The molecule has 0 bridgehead atoms. The van der Waals surface area contributed by atoms with Gasteiger partial charge in [0.25, 0.3) is 0 Å². The molecular formula is C33H49FO7. The predicted molar refractivity (Wildman–Crippen MR) is 151 cm³/mol. The summed E-state index contributed by atoms with van der Waals surface area (Å²) in [5, 5.41) is 11.8. The number of fused-ring (bicyclic) bond motifs is 6. The Morgan fingerprint density at radius 3 is 2.34 bits per heavy atom.